The Morgan fingerprint density at radius 1 is 1.34 bits per heavy atom. The summed E-state index contributed by atoms with van der Waals surface area (Å²) in [7, 11) is -0.686. The number of carbonyl (C=O) groups excluding carboxylic acids is 1. The standard InChI is InChI=1S/C24H36N4O6S/c1-18(2)26-23(29)27(16-22-9-6-11-34-22)15-20-14-25-24(28(20)10-12-32-3)35(30,31)17-19-7-5-8-21(13-19)33-4/h5,7-8,13-14,18,22H,6,9-12,15-17H2,1-4H3,(H,26,29)/t22-/m0/s1. The second kappa shape index (κ2) is 12.4. The minimum atomic E-state index is -3.78. The Balaban J connectivity index is 1.89. The summed E-state index contributed by atoms with van der Waals surface area (Å²) >= 11 is 0. The van der Waals surface area contributed by atoms with Crippen LogP contribution in [-0.4, -0.2) is 75.0 Å². The highest BCUT2D eigenvalue weighted by atomic mass is 32.2. The zero-order chi connectivity index (χ0) is 25.4. The van der Waals surface area contributed by atoms with Gasteiger partial charge in [0.2, 0.25) is 15.0 Å². The monoisotopic (exact) mass is 508 g/mol. The SMILES string of the molecule is COCCn1c(CN(C[C@@H]2CCCO2)C(=O)NC(C)C)cnc1S(=O)(=O)Cc1cccc(OC)c1. The third-order valence-electron chi connectivity index (χ3n) is 5.69. The molecule has 10 nitrogen and oxygen atoms in total. The van der Waals surface area contributed by atoms with Crippen molar-refractivity contribution in [3.8, 4) is 5.75 Å². The number of nitrogens with zero attached hydrogens (tertiary/aromatic N) is 3. The molecule has 2 amide bonds. The van der Waals surface area contributed by atoms with Crippen molar-refractivity contribution in [2.24, 2.45) is 0 Å². The van der Waals surface area contributed by atoms with Gasteiger partial charge in [0.05, 0.1) is 44.0 Å². The number of rotatable bonds is 12. The molecule has 2 aromatic rings. The maximum absolute atomic E-state index is 13.4. The van der Waals surface area contributed by atoms with E-state index >= 15 is 0 Å². The fourth-order valence-corrected chi connectivity index (χ4v) is 5.53. The van der Waals surface area contributed by atoms with Gasteiger partial charge in [-0.15, -0.1) is 0 Å². The van der Waals surface area contributed by atoms with Crippen LogP contribution in [0, 0.1) is 0 Å². The number of imidazole rings is 1. The molecule has 3 rings (SSSR count). The molecule has 1 N–H and O–H groups in total. The third kappa shape index (κ3) is 7.42. The quantitative estimate of drug-likeness (QED) is 0.469. The summed E-state index contributed by atoms with van der Waals surface area (Å²) in [5.74, 6) is 0.364. The smallest absolute Gasteiger partial charge is 0.318 e. The third-order valence-corrected chi connectivity index (χ3v) is 7.29. The van der Waals surface area contributed by atoms with Gasteiger partial charge in [0.15, 0.2) is 0 Å². The Labute approximate surface area is 207 Å². The average molecular weight is 509 g/mol. The van der Waals surface area contributed by atoms with Crippen LogP contribution in [-0.2, 0) is 38.2 Å². The summed E-state index contributed by atoms with van der Waals surface area (Å²) in [6.45, 7) is 5.68. The summed E-state index contributed by atoms with van der Waals surface area (Å²) in [6.07, 6.45) is 3.33. The van der Waals surface area contributed by atoms with Gasteiger partial charge >= 0.3 is 6.03 Å². The van der Waals surface area contributed by atoms with Gasteiger partial charge in [-0.3, -0.25) is 0 Å². The van der Waals surface area contributed by atoms with Gasteiger partial charge in [0, 0.05) is 32.8 Å². The maximum Gasteiger partial charge on any atom is 0.318 e. The van der Waals surface area contributed by atoms with E-state index in [1.54, 1.807) is 40.8 Å². The fraction of sp³-hybridized carbons (Fsp3) is 0.583. The second-order valence-corrected chi connectivity index (χ2v) is 10.8. The Bertz CT molecular complexity index is 1080. The lowest BCUT2D eigenvalue weighted by atomic mass is 10.2. The number of aromatic nitrogens is 2. The van der Waals surface area contributed by atoms with Crippen LogP contribution in [0.25, 0.3) is 0 Å². The van der Waals surface area contributed by atoms with Gasteiger partial charge in [-0.2, -0.15) is 0 Å². The van der Waals surface area contributed by atoms with E-state index in [2.05, 4.69) is 10.3 Å². The summed E-state index contributed by atoms with van der Waals surface area (Å²) in [6, 6.07) is 6.69. The molecule has 1 aromatic heterocycles. The molecule has 35 heavy (non-hydrogen) atoms. The molecule has 1 saturated heterocycles. The fourth-order valence-electron chi connectivity index (χ4n) is 4.02. The van der Waals surface area contributed by atoms with Crippen molar-refractivity contribution in [1.82, 2.24) is 19.8 Å². The molecule has 0 unspecified atom stereocenters. The minimum absolute atomic E-state index is 0.0355. The molecule has 0 bridgehead atoms. The van der Waals surface area contributed by atoms with Crippen molar-refractivity contribution in [3.63, 3.8) is 0 Å². The molecule has 0 saturated carbocycles. The van der Waals surface area contributed by atoms with Gasteiger partial charge in [0.25, 0.3) is 0 Å². The van der Waals surface area contributed by atoms with E-state index in [1.165, 1.54) is 13.3 Å². The van der Waals surface area contributed by atoms with Gasteiger partial charge in [-0.05, 0) is 44.4 Å². The Kier molecular flexibility index (Phi) is 9.53. The van der Waals surface area contributed by atoms with Crippen LogP contribution >= 0.6 is 0 Å². The predicted octanol–water partition coefficient (Wildman–Crippen LogP) is 2.61. The highest BCUT2D eigenvalue weighted by Gasteiger charge is 2.28. The molecule has 1 atom stereocenters. The number of hydrogen-bond acceptors (Lipinski definition) is 7. The molecule has 1 aliphatic heterocycles. The molecular formula is C24H36N4O6S. The Hall–Kier alpha value is -2.63. The molecule has 0 radical (unpaired) electrons. The zero-order valence-electron chi connectivity index (χ0n) is 20.9. The number of nitrogens with one attached hydrogen (secondary N) is 1. The summed E-state index contributed by atoms with van der Waals surface area (Å²) in [5, 5.41) is 2.88. The molecular weight excluding hydrogens is 472 g/mol. The largest absolute Gasteiger partial charge is 0.497 e. The first-order chi connectivity index (χ1) is 16.7. The van der Waals surface area contributed by atoms with Crippen LogP contribution in [0.1, 0.15) is 37.9 Å². The topological polar surface area (TPSA) is 112 Å². The predicted molar refractivity (Wildman–Crippen MR) is 131 cm³/mol. The molecule has 11 heteroatoms. The first-order valence-corrected chi connectivity index (χ1v) is 13.4. The molecule has 1 aliphatic rings. The number of methoxy groups -OCH3 is 2. The molecule has 0 spiro atoms. The van der Waals surface area contributed by atoms with Gasteiger partial charge < -0.3 is 29.0 Å². The number of benzene rings is 1. The van der Waals surface area contributed by atoms with Crippen LogP contribution in [0.3, 0.4) is 0 Å². The van der Waals surface area contributed by atoms with Crippen molar-refractivity contribution in [3.05, 3.63) is 41.7 Å². The molecule has 2 heterocycles. The van der Waals surface area contributed by atoms with E-state index in [-0.39, 0.29) is 42.2 Å². The molecule has 1 fully saturated rings. The van der Waals surface area contributed by atoms with Crippen LogP contribution < -0.4 is 10.1 Å². The van der Waals surface area contributed by atoms with Crippen molar-refractivity contribution in [1.29, 1.82) is 0 Å². The normalized spacial score (nSPS) is 16.0. The van der Waals surface area contributed by atoms with E-state index in [9.17, 15) is 13.2 Å². The maximum atomic E-state index is 13.4. The summed E-state index contributed by atoms with van der Waals surface area (Å²) < 4.78 is 44.5. The summed E-state index contributed by atoms with van der Waals surface area (Å²) in [5.41, 5.74) is 1.21. The number of sulfone groups is 1. The number of ether oxygens (including phenoxy) is 3. The van der Waals surface area contributed by atoms with Crippen molar-refractivity contribution in [2.75, 3.05) is 34.0 Å². The lowest BCUT2D eigenvalue weighted by Crippen LogP contribution is -2.45. The van der Waals surface area contributed by atoms with Crippen molar-refractivity contribution in [2.45, 2.75) is 62.8 Å². The van der Waals surface area contributed by atoms with Crippen LogP contribution in [0.4, 0.5) is 4.79 Å². The lowest BCUT2D eigenvalue weighted by Gasteiger charge is -2.27. The van der Waals surface area contributed by atoms with Gasteiger partial charge in [0.1, 0.15) is 5.75 Å². The van der Waals surface area contributed by atoms with E-state index in [1.807, 2.05) is 13.8 Å². The Morgan fingerprint density at radius 2 is 2.14 bits per heavy atom. The molecule has 0 aliphatic carbocycles. The average Bonchev–Trinajstić information content (AvgIpc) is 3.47. The van der Waals surface area contributed by atoms with Crippen LogP contribution in [0.15, 0.2) is 35.6 Å². The van der Waals surface area contributed by atoms with Crippen molar-refractivity contribution >= 4 is 15.9 Å². The van der Waals surface area contributed by atoms with E-state index in [0.717, 1.165) is 12.8 Å². The number of hydrogen-bond donors (Lipinski definition) is 1. The number of urea groups is 1. The highest BCUT2D eigenvalue weighted by Crippen LogP contribution is 2.22. The second-order valence-electron chi connectivity index (χ2n) is 8.91. The zero-order valence-corrected chi connectivity index (χ0v) is 21.7. The first kappa shape index (κ1) is 27.0. The van der Waals surface area contributed by atoms with Crippen LogP contribution in [0.2, 0.25) is 0 Å². The van der Waals surface area contributed by atoms with E-state index < -0.39 is 9.84 Å². The van der Waals surface area contributed by atoms with Gasteiger partial charge in [-0.25, -0.2) is 18.2 Å². The number of carbonyl (C=O) groups is 1. The van der Waals surface area contributed by atoms with E-state index in [4.69, 9.17) is 14.2 Å². The first-order valence-electron chi connectivity index (χ1n) is 11.8. The van der Waals surface area contributed by atoms with Gasteiger partial charge in [-0.1, -0.05) is 12.1 Å². The number of amides is 2. The summed E-state index contributed by atoms with van der Waals surface area (Å²) in [4.78, 5) is 18.9. The molecule has 1 aromatic carbocycles. The Morgan fingerprint density at radius 3 is 2.80 bits per heavy atom. The lowest BCUT2D eigenvalue weighted by molar-refractivity contribution is 0.0782. The van der Waals surface area contributed by atoms with Crippen molar-refractivity contribution < 1.29 is 27.4 Å². The highest BCUT2D eigenvalue weighted by molar-refractivity contribution is 7.90. The molecule has 194 valence electrons. The minimum Gasteiger partial charge on any atom is -0.497 e. The van der Waals surface area contributed by atoms with E-state index in [0.29, 0.717) is 36.8 Å². The van der Waals surface area contributed by atoms with Crippen LogP contribution in [0.5, 0.6) is 5.75 Å².